The van der Waals surface area contributed by atoms with E-state index in [1.54, 1.807) is 12.1 Å². The minimum Gasteiger partial charge on any atom is -0.309 e. The SMILES string of the molecule is N#Cc1cc(-c2cc(-c3ccccc3)cc(-c3ccccc3)c2)cc(-n2c3ccc(C#N)cc3c3cc(C#N)ccc32)c1. The summed E-state index contributed by atoms with van der Waals surface area (Å²) in [5.74, 6) is 0. The van der Waals surface area contributed by atoms with E-state index in [2.05, 4.69) is 71.3 Å². The van der Waals surface area contributed by atoms with Crippen LogP contribution in [-0.2, 0) is 0 Å². The summed E-state index contributed by atoms with van der Waals surface area (Å²) in [4.78, 5) is 0. The molecule has 1 heterocycles. The first-order valence-corrected chi connectivity index (χ1v) is 13.9. The van der Waals surface area contributed by atoms with E-state index in [4.69, 9.17) is 0 Å². The fourth-order valence-corrected chi connectivity index (χ4v) is 5.80. The average molecular weight is 547 g/mol. The van der Waals surface area contributed by atoms with E-state index < -0.39 is 0 Å². The van der Waals surface area contributed by atoms with Gasteiger partial charge in [-0.25, -0.2) is 0 Å². The molecule has 0 N–H and O–H groups in total. The molecule has 198 valence electrons. The zero-order valence-corrected chi connectivity index (χ0v) is 23.0. The summed E-state index contributed by atoms with van der Waals surface area (Å²) in [5.41, 5.74) is 10.6. The van der Waals surface area contributed by atoms with Gasteiger partial charge in [0.1, 0.15) is 0 Å². The van der Waals surface area contributed by atoms with Gasteiger partial charge in [0.25, 0.3) is 0 Å². The van der Waals surface area contributed by atoms with E-state index >= 15 is 0 Å². The van der Waals surface area contributed by atoms with Gasteiger partial charge in [0.05, 0.1) is 45.9 Å². The lowest BCUT2D eigenvalue weighted by molar-refractivity contribution is 1.18. The molecule has 0 amide bonds. The summed E-state index contributed by atoms with van der Waals surface area (Å²) in [5, 5.41) is 31.1. The molecule has 4 heteroatoms. The normalized spacial score (nSPS) is 10.7. The molecule has 0 aliphatic heterocycles. The maximum Gasteiger partial charge on any atom is 0.0992 e. The van der Waals surface area contributed by atoms with Gasteiger partial charge in [-0.05, 0) is 106 Å². The molecule has 0 saturated carbocycles. The number of nitrogens with zero attached hydrogens (tertiary/aromatic N) is 4. The second-order valence-electron chi connectivity index (χ2n) is 10.4. The van der Waals surface area contributed by atoms with Crippen LogP contribution in [0.2, 0.25) is 0 Å². The van der Waals surface area contributed by atoms with Gasteiger partial charge in [-0.1, -0.05) is 60.7 Å². The number of nitriles is 3. The zero-order chi connectivity index (χ0) is 29.3. The molecule has 0 spiro atoms. The smallest absolute Gasteiger partial charge is 0.0992 e. The first-order valence-electron chi connectivity index (χ1n) is 13.9. The molecule has 7 rings (SSSR count). The summed E-state index contributed by atoms with van der Waals surface area (Å²) in [6.45, 7) is 0. The van der Waals surface area contributed by atoms with Crippen molar-refractivity contribution in [3.63, 3.8) is 0 Å². The molecule has 0 atom stereocenters. The number of rotatable bonds is 4. The van der Waals surface area contributed by atoms with Gasteiger partial charge in [0, 0.05) is 16.5 Å². The van der Waals surface area contributed by atoms with Gasteiger partial charge in [-0.3, -0.25) is 0 Å². The first-order chi connectivity index (χ1) is 21.1. The molecule has 43 heavy (non-hydrogen) atoms. The van der Waals surface area contributed by atoms with Crippen molar-refractivity contribution in [1.29, 1.82) is 15.8 Å². The van der Waals surface area contributed by atoms with Crippen LogP contribution in [0.4, 0.5) is 0 Å². The summed E-state index contributed by atoms with van der Waals surface area (Å²) >= 11 is 0. The Balaban J connectivity index is 1.50. The van der Waals surface area contributed by atoms with Gasteiger partial charge in [0.15, 0.2) is 0 Å². The van der Waals surface area contributed by atoms with E-state index in [1.165, 1.54) is 0 Å². The highest BCUT2D eigenvalue weighted by atomic mass is 15.0. The fourth-order valence-electron chi connectivity index (χ4n) is 5.80. The van der Waals surface area contributed by atoms with Crippen LogP contribution in [0.5, 0.6) is 0 Å². The van der Waals surface area contributed by atoms with Crippen LogP contribution >= 0.6 is 0 Å². The summed E-state index contributed by atoms with van der Waals surface area (Å²) in [6.07, 6.45) is 0. The largest absolute Gasteiger partial charge is 0.309 e. The van der Waals surface area contributed by atoms with Crippen molar-refractivity contribution < 1.29 is 0 Å². The van der Waals surface area contributed by atoms with Crippen molar-refractivity contribution in [2.45, 2.75) is 0 Å². The van der Waals surface area contributed by atoms with Gasteiger partial charge in [-0.15, -0.1) is 0 Å². The number of aromatic nitrogens is 1. The number of hydrogen-bond acceptors (Lipinski definition) is 3. The van der Waals surface area contributed by atoms with Crippen LogP contribution in [0.1, 0.15) is 16.7 Å². The lowest BCUT2D eigenvalue weighted by Crippen LogP contribution is -1.96. The molecule has 6 aromatic carbocycles. The van der Waals surface area contributed by atoms with Crippen molar-refractivity contribution in [2.24, 2.45) is 0 Å². The molecule has 0 radical (unpaired) electrons. The number of fused-ring (bicyclic) bond motifs is 3. The molecule has 0 aliphatic carbocycles. The van der Waals surface area contributed by atoms with Gasteiger partial charge < -0.3 is 4.57 Å². The Hall–Kier alpha value is -6.41. The van der Waals surface area contributed by atoms with Crippen LogP contribution in [0.25, 0.3) is 60.9 Å². The zero-order valence-electron chi connectivity index (χ0n) is 23.0. The van der Waals surface area contributed by atoms with Crippen molar-refractivity contribution >= 4 is 21.8 Å². The second kappa shape index (κ2) is 10.5. The molecule has 0 unspecified atom stereocenters. The summed E-state index contributed by atoms with van der Waals surface area (Å²) < 4.78 is 2.11. The highest BCUT2D eigenvalue weighted by molar-refractivity contribution is 6.10. The molecular formula is C39H22N4. The van der Waals surface area contributed by atoms with Crippen LogP contribution in [0.15, 0.2) is 133 Å². The van der Waals surface area contributed by atoms with Crippen LogP contribution in [0.3, 0.4) is 0 Å². The van der Waals surface area contributed by atoms with E-state index in [1.807, 2.05) is 72.8 Å². The Morgan fingerprint density at radius 2 is 0.814 bits per heavy atom. The average Bonchev–Trinajstić information content (AvgIpc) is 3.41. The molecule has 7 aromatic rings. The Morgan fingerprint density at radius 3 is 1.28 bits per heavy atom. The molecule has 4 nitrogen and oxygen atoms in total. The summed E-state index contributed by atoms with van der Waals surface area (Å²) in [7, 11) is 0. The Labute approximate surface area is 249 Å². The predicted molar refractivity (Wildman–Crippen MR) is 171 cm³/mol. The Bertz CT molecular complexity index is 2180. The van der Waals surface area contributed by atoms with E-state index in [9.17, 15) is 15.8 Å². The van der Waals surface area contributed by atoms with E-state index in [-0.39, 0.29) is 0 Å². The minimum atomic E-state index is 0.538. The second-order valence-corrected chi connectivity index (χ2v) is 10.4. The first kappa shape index (κ1) is 25.6. The highest BCUT2D eigenvalue weighted by Gasteiger charge is 2.16. The van der Waals surface area contributed by atoms with Crippen molar-refractivity contribution in [2.75, 3.05) is 0 Å². The molecule has 0 aliphatic rings. The lowest BCUT2D eigenvalue weighted by Gasteiger charge is -2.14. The molecule has 1 aromatic heterocycles. The van der Waals surface area contributed by atoms with Crippen molar-refractivity contribution in [1.82, 2.24) is 4.57 Å². The standard InChI is InChI=1S/C39H22N4/c40-23-26-11-13-38-36(17-26)37-18-27(24-41)12-14-39(37)43(38)35-16-28(25-42)15-31(22-35)34-20-32(29-7-3-1-4-8-29)19-33(21-34)30-9-5-2-6-10-30/h1-22H. The molecule has 0 fully saturated rings. The third-order valence-corrected chi connectivity index (χ3v) is 7.81. The lowest BCUT2D eigenvalue weighted by atomic mass is 9.92. The van der Waals surface area contributed by atoms with E-state index in [0.29, 0.717) is 16.7 Å². The molecule has 0 saturated heterocycles. The third-order valence-electron chi connectivity index (χ3n) is 7.81. The molecular weight excluding hydrogens is 524 g/mol. The predicted octanol–water partition coefficient (Wildman–Crippen LogP) is 9.40. The summed E-state index contributed by atoms with van der Waals surface area (Å²) in [6, 6.07) is 51.1. The van der Waals surface area contributed by atoms with Crippen LogP contribution in [0, 0.1) is 34.0 Å². The van der Waals surface area contributed by atoms with Gasteiger partial charge in [-0.2, -0.15) is 15.8 Å². The van der Waals surface area contributed by atoms with Crippen LogP contribution < -0.4 is 0 Å². The molecule has 0 bridgehead atoms. The Kier molecular flexibility index (Phi) is 6.26. The maximum absolute atomic E-state index is 10.1. The quantitative estimate of drug-likeness (QED) is 0.221. The third kappa shape index (κ3) is 4.58. The van der Waals surface area contributed by atoms with Gasteiger partial charge in [0.2, 0.25) is 0 Å². The number of hydrogen-bond donors (Lipinski definition) is 0. The minimum absolute atomic E-state index is 0.538. The number of benzene rings is 6. The maximum atomic E-state index is 10.1. The van der Waals surface area contributed by atoms with E-state index in [0.717, 1.165) is 60.9 Å². The van der Waals surface area contributed by atoms with Gasteiger partial charge >= 0.3 is 0 Å². The highest BCUT2D eigenvalue weighted by Crippen LogP contribution is 2.37. The topological polar surface area (TPSA) is 76.3 Å². The van der Waals surface area contributed by atoms with Crippen molar-refractivity contribution in [3.8, 4) is 57.3 Å². The van der Waals surface area contributed by atoms with Crippen molar-refractivity contribution in [3.05, 3.63) is 150 Å². The van der Waals surface area contributed by atoms with Crippen LogP contribution in [-0.4, -0.2) is 4.57 Å². The monoisotopic (exact) mass is 546 g/mol. The Morgan fingerprint density at radius 1 is 0.372 bits per heavy atom. The fraction of sp³-hybridized carbons (Fsp3) is 0.